The molecule has 2 atom stereocenters. The fraction of sp³-hybridized carbons (Fsp3) is 0.583. The Hall–Kier alpha value is 0.148. The second-order valence-corrected chi connectivity index (χ2v) is 7.55. The quantitative estimate of drug-likeness (QED) is 0.564. The van der Waals surface area contributed by atoms with Crippen LogP contribution in [0.5, 0.6) is 0 Å². The van der Waals surface area contributed by atoms with Crippen molar-refractivity contribution in [2.75, 3.05) is 20.6 Å². The Kier molecular flexibility index (Phi) is 3.78. The zero-order chi connectivity index (χ0) is 11.8. The summed E-state index contributed by atoms with van der Waals surface area (Å²) >= 11 is 6.26. The molecule has 1 aliphatic heterocycles. The molecule has 2 rings (SSSR count). The number of quaternary nitrogens is 1. The summed E-state index contributed by atoms with van der Waals surface area (Å²) in [5, 5.41) is 0. The van der Waals surface area contributed by atoms with E-state index in [9.17, 15) is 0 Å². The molecular weight excluding hydrogens is 327 g/mol. The predicted molar refractivity (Wildman–Crippen MR) is 70.4 cm³/mol. The molecule has 2 heterocycles. The first-order valence-electron chi connectivity index (χ1n) is 5.61. The van der Waals surface area contributed by atoms with Crippen molar-refractivity contribution in [2.45, 2.75) is 23.6 Å². The van der Waals surface area contributed by atoms with Crippen LogP contribution < -0.4 is 0 Å². The summed E-state index contributed by atoms with van der Waals surface area (Å²) in [5.41, 5.74) is 1.23. The van der Waals surface area contributed by atoms with Gasteiger partial charge in [-0.05, 0) is 0 Å². The Balaban J connectivity index is 2.26. The van der Waals surface area contributed by atoms with Crippen LogP contribution in [0.4, 0.5) is 0 Å². The monoisotopic (exact) mass is 343 g/mol. The van der Waals surface area contributed by atoms with E-state index < -0.39 is 0 Å². The Bertz CT molecular complexity index is 364. The van der Waals surface area contributed by atoms with Gasteiger partial charge in [-0.15, -0.1) is 0 Å². The zero-order valence-electron chi connectivity index (χ0n) is 9.73. The molecule has 1 aromatic rings. The number of pyridine rings is 1. The molecule has 16 heavy (non-hydrogen) atoms. The Morgan fingerprint density at radius 1 is 1.44 bits per heavy atom. The first kappa shape index (κ1) is 12.6. The molecule has 1 aromatic heterocycles. The molecule has 2 radical (unpaired) electrons. The molecular formula is C12H17AsBrN2+. The van der Waals surface area contributed by atoms with Crippen LogP contribution in [0.3, 0.4) is 0 Å². The van der Waals surface area contributed by atoms with Crippen LogP contribution in [-0.4, -0.2) is 47.0 Å². The Morgan fingerprint density at radius 2 is 2.19 bits per heavy atom. The van der Waals surface area contributed by atoms with E-state index in [1.807, 2.05) is 6.20 Å². The van der Waals surface area contributed by atoms with Crippen LogP contribution in [0.25, 0.3) is 0 Å². The van der Waals surface area contributed by atoms with Gasteiger partial charge in [-0.25, -0.2) is 0 Å². The van der Waals surface area contributed by atoms with Crippen molar-refractivity contribution in [3.63, 3.8) is 0 Å². The fourth-order valence-electron chi connectivity index (χ4n) is 2.36. The van der Waals surface area contributed by atoms with Gasteiger partial charge in [-0.1, -0.05) is 0 Å². The number of hydrogen-bond donors (Lipinski definition) is 0. The first-order chi connectivity index (χ1) is 7.49. The third-order valence-corrected chi connectivity index (χ3v) is 4.92. The van der Waals surface area contributed by atoms with Crippen LogP contribution in [-0.2, 0) is 0 Å². The van der Waals surface area contributed by atoms with E-state index in [0.29, 0.717) is 6.04 Å². The number of likely N-dealkylation sites (tertiary alicyclic amines) is 1. The third-order valence-electron chi connectivity index (χ3n) is 3.47. The molecule has 2 nitrogen and oxygen atoms in total. The molecule has 0 spiro atoms. The summed E-state index contributed by atoms with van der Waals surface area (Å²) in [6, 6.07) is 4.78. The van der Waals surface area contributed by atoms with Crippen LogP contribution in [0, 0.1) is 0 Å². The van der Waals surface area contributed by atoms with E-state index in [0.717, 1.165) is 13.7 Å². The third kappa shape index (κ3) is 2.69. The van der Waals surface area contributed by atoms with Gasteiger partial charge in [0.2, 0.25) is 0 Å². The second-order valence-electron chi connectivity index (χ2n) is 5.10. The summed E-state index contributed by atoms with van der Waals surface area (Å²) in [6.45, 7) is 1.24. The molecule has 0 amide bonds. The van der Waals surface area contributed by atoms with Crippen LogP contribution in [0.15, 0.2) is 22.8 Å². The maximum atomic E-state index is 4.56. The molecule has 0 aromatic carbocycles. The van der Waals surface area contributed by atoms with Gasteiger partial charge in [0.15, 0.2) is 0 Å². The molecule has 0 aliphatic carbocycles. The molecule has 86 valence electrons. The van der Waals surface area contributed by atoms with E-state index in [2.05, 4.69) is 64.0 Å². The number of aromatic nitrogens is 1. The number of halogens is 1. The summed E-state index contributed by atoms with van der Waals surface area (Å²) in [5.74, 6) is 0. The molecule has 0 bridgehead atoms. The van der Waals surface area contributed by atoms with Crippen molar-refractivity contribution in [1.29, 1.82) is 0 Å². The van der Waals surface area contributed by atoms with Gasteiger partial charge in [-0.2, -0.15) is 0 Å². The van der Waals surface area contributed by atoms with Crippen LogP contribution in [0.1, 0.15) is 24.6 Å². The normalized spacial score (nSPS) is 29.0. The summed E-state index contributed by atoms with van der Waals surface area (Å²) in [4.78, 5) is 4.56. The van der Waals surface area contributed by atoms with E-state index in [1.165, 1.54) is 25.1 Å². The minimum atomic E-state index is 0.537. The van der Waals surface area contributed by atoms with Crippen molar-refractivity contribution >= 4 is 32.8 Å². The van der Waals surface area contributed by atoms with Gasteiger partial charge < -0.3 is 0 Å². The van der Waals surface area contributed by atoms with Gasteiger partial charge in [0.1, 0.15) is 0 Å². The Labute approximate surface area is 115 Å². The van der Waals surface area contributed by atoms with E-state index >= 15 is 0 Å². The van der Waals surface area contributed by atoms with Crippen molar-refractivity contribution in [1.82, 2.24) is 4.98 Å². The van der Waals surface area contributed by atoms with E-state index in [4.69, 9.17) is 0 Å². The molecule has 4 heteroatoms. The number of hydrogen-bond acceptors (Lipinski definition) is 1. The fourth-order valence-corrected chi connectivity index (χ4v) is 3.26. The average Bonchev–Trinajstić information content (AvgIpc) is 2.23. The number of piperidine rings is 1. The summed E-state index contributed by atoms with van der Waals surface area (Å²) in [6.07, 6.45) is 4.44. The number of nitrogens with zero attached hydrogens (tertiary/aromatic N) is 2. The first-order valence-corrected chi connectivity index (χ1v) is 7.49. The van der Waals surface area contributed by atoms with Crippen LogP contribution in [0.2, 0.25) is 4.71 Å². The molecule has 0 N–H and O–H groups in total. The Morgan fingerprint density at radius 3 is 2.81 bits per heavy atom. The van der Waals surface area contributed by atoms with Crippen molar-refractivity contribution in [3.8, 4) is 0 Å². The molecule has 0 saturated carbocycles. The van der Waals surface area contributed by atoms with Gasteiger partial charge in [0, 0.05) is 0 Å². The second kappa shape index (κ2) is 4.79. The van der Waals surface area contributed by atoms with Crippen molar-refractivity contribution in [3.05, 3.63) is 28.5 Å². The minimum absolute atomic E-state index is 0.537. The van der Waals surface area contributed by atoms with Crippen molar-refractivity contribution < 1.29 is 4.48 Å². The van der Waals surface area contributed by atoms with Gasteiger partial charge >= 0.3 is 115 Å². The van der Waals surface area contributed by atoms with Gasteiger partial charge in [-0.3, -0.25) is 0 Å². The summed E-state index contributed by atoms with van der Waals surface area (Å²) in [7, 11) is 4.63. The maximum absolute atomic E-state index is 4.56. The summed E-state index contributed by atoms with van der Waals surface area (Å²) < 4.78 is 2.87. The van der Waals surface area contributed by atoms with Gasteiger partial charge in [0.05, 0.1) is 0 Å². The van der Waals surface area contributed by atoms with Gasteiger partial charge in [0.25, 0.3) is 0 Å². The zero-order valence-corrected chi connectivity index (χ0v) is 13.2. The molecule has 1 fully saturated rings. The molecule has 1 saturated heterocycles. The molecule has 2 unspecified atom stereocenters. The predicted octanol–water partition coefficient (Wildman–Crippen LogP) is 2.71. The SMILES string of the molecule is C[N+]1(C)CCC([As])CC1c1ccc(Br)cn1. The van der Waals surface area contributed by atoms with Crippen molar-refractivity contribution in [2.24, 2.45) is 0 Å². The molecule has 1 aliphatic rings. The topological polar surface area (TPSA) is 12.9 Å². The van der Waals surface area contributed by atoms with Crippen LogP contribution >= 0.6 is 15.9 Å². The standard InChI is InChI=1S/C12H17AsBrN2/c1-16(2)6-5-9(13)7-12(16)11-4-3-10(14)8-15-11/h3-4,8-9,12H,5-7H2,1-2H3/q+1. The number of rotatable bonds is 1. The van der Waals surface area contributed by atoms with E-state index in [-0.39, 0.29) is 0 Å². The van der Waals surface area contributed by atoms with E-state index in [1.54, 1.807) is 0 Å². The average molecular weight is 344 g/mol.